The van der Waals surface area contributed by atoms with E-state index in [9.17, 15) is 10.2 Å². The van der Waals surface area contributed by atoms with Crippen molar-refractivity contribution >= 4 is 5.69 Å². The Kier molecular flexibility index (Phi) is 4.61. The third-order valence-electron chi connectivity index (χ3n) is 10.4. The van der Waals surface area contributed by atoms with Crippen molar-refractivity contribution in [1.29, 1.82) is 0 Å². The number of ether oxygens (including phenoxy) is 1. The highest BCUT2D eigenvalue weighted by Gasteiger charge is 2.73. The van der Waals surface area contributed by atoms with Crippen LogP contribution in [0.15, 0.2) is 66.7 Å². The first kappa shape index (κ1) is 22.0. The maximum atomic E-state index is 12.8. The molecule has 3 aliphatic heterocycles. The first-order valence-electron chi connectivity index (χ1n) is 14.0. The highest BCUT2D eigenvalue weighted by Crippen LogP contribution is 2.66. The van der Waals surface area contributed by atoms with Gasteiger partial charge >= 0.3 is 0 Å². The average molecular weight is 495 g/mol. The molecule has 1 unspecified atom stereocenters. The minimum absolute atomic E-state index is 0.0610. The lowest BCUT2D eigenvalue weighted by Gasteiger charge is -2.65. The molecule has 0 radical (unpaired) electrons. The molecule has 0 amide bonds. The van der Waals surface area contributed by atoms with Crippen LogP contribution in [0.2, 0.25) is 0 Å². The van der Waals surface area contributed by atoms with E-state index >= 15 is 0 Å². The minimum Gasteiger partial charge on any atom is -0.504 e. The van der Waals surface area contributed by atoms with E-state index < -0.39 is 11.0 Å². The molecule has 3 aromatic rings. The van der Waals surface area contributed by atoms with Crippen molar-refractivity contribution in [1.82, 2.24) is 4.90 Å². The predicted molar refractivity (Wildman–Crippen MR) is 143 cm³/mol. The van der Waals surface area contributed by atoms with E-state index in [2.05, 4.69) is 70.5 Å². The molecule has 5 heteroatoms. The van der Waals surface area contributed by atoms with Crippen molar-refractivity contribution in [3.8, 4) is 11.5 Å². The lowest BCUT2D eigenvalue weighted by atomic mass is 9.48. The summed E-state index contributed by atoms with van der Waals surface area (Å²) >= 11 is 0. The molecular formula is C32H34N2O3. The number of likely N-dealkylation sites (tertiary alicyclic amines) is 1. The molecule has 8 rings (SSSR count). The number of para-hydroxylation sites is 1. The van der Waals surface area contributed by atoms with Gasteiger partial charge in [-0.05, 0) is 73.9 Å². The number of anilines is 1. The third-order valence-corrected chi connectivity index (χ3v) is 10.4. The summed E-state index contributed by atoms with van der Waals surface area (Å²) in [6, 6.07) is 23.5. The van der Waals surface area contributed by atoms with Gasteiger partial charge in [0.1, 0.15) is 6.10 Å². The molecule has 1 saturated carbocycles. The summed E-state index contributed by atoms with van der Waals surface area (Å²) < 4.78 is 6.81. The van der Waals surface area contributed by atoms with E-state index in [0.717, 1.165) is 63.7 Å². The topological polar surface area (TPSA) is 56.2 Å². The molecule has 1 saturated heterocycles. The second-order valence-electron chi connectivity index (χ2n) is 11.8. The van der Waals surface area contributed by atoms with Crippen LogP contribution in [0.4, 0.5) is 5.69 Å². The Morgan fingerprint density at radius 2 is 1.76 bits per heavy atom. The van der Waals surface area contributed by atoms with Crippen LogP contribution in [0.3, 0.4) is 0 Å². The molecule has 5 atom stereocenters. The van der Waals surface area contributed by atoms with Crippen molar-refractivity contribution in [3.05, 3.63) is 89.0 Å². The number of phenols is 1. The van der Waals surface area contributed by atoms with Gasteiger partial charge in [0.15, 0.2) is 11.5 Å². The third kappa shape index (κ3) is 2.82. The molecule has 5 nitrogen and oxygen atoms in total. The maximum Gasteiger partial charge on any atom is 0.165 e. The highest BCUT2D eigenvalue weighted by molar-refractivity contribution is 5.65. The normalized spacial score (nSPS) is 33.1. The van der Waals surface area contributed by atoms with E-state index in [0.29, 0.717) is 5.75 Å². The van der Waals surface area contributed by atoms with Crippen LogP contribution in [0.1, 0.15) is 41.5 Å². The molecule has 3 heterocycles. The average Bonchev–Trinajstić information content (AvgIpc) is 3.50. The molecule has 1 spiro atoms. The largest absolute Gasteiger partial charge is 0.504 e. The van der Waals surface area contributed by atoms with Crippen LogP contribution in [0.5, 0.6) is 11.5 Å². The number of rotatable bonds is 4. The number of piperidine rings is 1. The van der Waals surface area contributed by atoms with Gasteiger partial charge in [-0.2, -0.15) is 0 Å². The number of aliphatic hydroxyl groups is 1. The van der Waals surface area contributed by atoms with Crippen LogP contribution in [-0.2, 0) is 24.7 Å². The summed E-state index contributed by atoms with van der Waals surface area (Å²) in [6.07, 6.45) is 5.19. The molecule has 0 aromatic heterocycles. The highest BCUT2D eigenvalue weighted by atomic mass is 16.5. The van der Waals surface area contributed by atoms with Crippen LogP contribution >= 0.6 is 0 Å². The fourth-order valence-corrected chi connectivity index (χ4v) is 8.82. The minimum atomic E-state index is -0.867. The van der Waals surface area contributed by atoms with Gasteiger partial charge in [-0.1, -0.05) is 54.6 Å². The number of nitrogens with zero attached hydrogens (tertiary/aromatic N) is 2. The fraction of sp³-hybridized carbons (Fsp3) is 0.438. The summed E-state index contributed by atoms with van der Waals surface area (Å²) in [4.78, 5) is 5.09. The van der Waals surface area contributed by atoms with Gasteiger partial charge in [-0.25, -0.2) is 0 Å². The van der Waals surface area contributed by atoms with Crippen molar-refractivity contribution in [2.75, 3.05) is 24.5 Å². The Bertz CT molecular complexity index is 1380. The zero-order valence-electron chi connectivity index (χ0n) is 21.1. The first-order chi connectivity index (χ1) is 18.1. The Balaban J connectivity index is 1.21. The molecular weight excluding hydrogens is 460 g/mol. The Hall–Kier alpha value is -3.02. The van der Waals surface area contributed by atoms with Gasteiger partial charge in [0.25, 0.3) is 0 Å². The summed E-state index contributed by atoms with van der Waals surface area (Å²) in [6.45, 7) is 2.87. The summed E-state index contributed by atoms with van der Waals surface area (Å²) in [5.41, 5.74) is 5.06. The molecule has 2 aliphatic carbocycles. The zero-order chi connectivity index (χ0) is 24.8. The molecule has 3 aromatic carbocycles. The second kappa shape index (κ2) is 7.75. The molecule has 190 valence electrons. The Morgan fingerprint density at radius 3 is 2.65 bits per heavy atom. The Morgan fingerprint density at radius 1 is 0.919 bits per heavy atom. The number of benzene rings is 3. The van der Waals surface area contributed by atoms with E-state index in [-0.39, 0.29) is 23.9 Å². The van der Waals surface area contributed by atoms with Crippen molar-refractivity contribution in [3.63, 3.8) is 0 Å². The monoisotopic (exact) mass is 494 g/mol. The van der Waals surface area contributed by atoms with Crippen molar-refractivity contribution in [2.45, 2.75) is 67.7 Å². The molecule has 2 fully saturated rings. The van der Waals surface area contributed by atoms with Gasteiger partial charge in [0, 0.05) is 30.4 Å². The fourth-order valence-electron chi connectivity index (χ4n) is 8.82. The zero-order valence-corrected chi connectivity index (χ0v) is 21.1. The van der Waals surface area contributed by atoms with Gasteiger partial charge in [0.05, 0.1) is 17.1 Å². The van der Waals surface area contributed by atoms with Crippen molar-refractivity contribution in [2.24, 2.45) is 0 Å². The molecule has 2 bridgehead atoms. The van der Waals surface area contributed by atoms with Gasteiger partial charge in [0.2, 0.25) is 0 Å². The van der Waals surface area contributed by atoms with Crippen LogP contribution in [0, 0.1) is 0 Å². The molecule has 5 aliphatic rings. The van der Waals surface area contributed by atoms with Gasteiger partial charge in [-0.15, -0.1) is 0 Å². The van der Waals surface area contributed by atoms with Crippen molar-refractivity contribution < 1.29 is 14.9 Å². The number of aromatic hydroxyl groups is 1. The number of hydrogen-bond donors (Lipinski definition) is 2. The van der Waals surface area contributed by atoms with Crippen LogP contribution in [0.25, 0.3) is 0 Å². The van der Waals surface area contributed by atoms with Crippen LogP contribution in [-0.4, -0.2) is 58.5 Å². The lowest BCUT2D eigenvalue weighted by molar-refractivity contribution is -0.188. The smallest absolute Gasteiger partial charge is 0.165 e. The standard InChI is InChI=1S/C32H34N2O3/c35-26-11-10-23-20-27-32(36)15-12-25(34-18-14-22-8-4-5-9-24(22)34)30-31(32,28(23)29(26)37-30)16-19-33(27)17-13-21-6-2-1-3-7-21/h1-11,25,27,30,35-36H,12-20H2/t25-,27-,30+,31+,32?/m1/s1. The summed E-state index contributed by atoms with van der Waals surface area (Å²) in [5, 5.41) is 23.7. The second-order valence-corrected chi connectivity index (χ2v) is 11.8. The number of hydrogen-bond acceptors (Lipinski definition) is 5. The van der Waals surface area contributed by atoms with E-state index in [1.54, 1.807) is 6.07 Å². The SMILES string of the molecule is Oc1ccc2c3c1O[C@H]1[C@H](N4CCc5ccccc54)CCC4(O)[C@@H](C2)N(CCc2ccccc2)CC[C@]314. The van der Waals surface area contributed by atoms with E-state index in [4.69, 9.17) is 4.74 Å². The predicted octanol–water partition coefficient (Wildman–Crippen LogP) is 4.22. The molecule has 37 heavy (non-hydrogen) atoms. The van der Waals surface area contributed by atoms with Crippen LogP contribution < -0.4 is 9.64 Å². The van der Waals surface area contributed by atoms with Gasteiger partial charge in [-0.3, -0.25) is 4.90 Å². The quantitative estimate of drug-likeness (QED) is 0.569. The van der Waals surface area contributed by atoms with E-state index in [1.807, 2.05) is 0 Å². The Labute approximate surface area is 218 Å². The summed E-state index contributed by atoms with van der Waals surface area (Å²) in [7, 11) is 0. The van der Waals surface area contributed by atoms with Gasteiger partial charge < -0.3 is 19.8 Å². The molecule has 2 N–H and O–H groups in total. The van der Waals surface area contributed by atoms with E-state index in [1.165, 1.54) is 22.4 Å². The maximum absolute atomic E-state index is 12.8. The first-order valence-corrected chi connectivity index (χ1v) is 14.0. The lowest BCUT2D eigenvalue weighted by Crippen LogP contribution is -2.78. The number of phenolic OH excluding ortho intramolecular Hbond substituents is 1. The summed E-state index contributed by atoms with van der Waals surface area (Å²) in [5.74, 6) is 0.854. The number of fused-ring (bicyclic) bond motifs is 1.